The molecule has 4 aromatic rings. The molecule has 0 spiro atoms. The highest BCUT2D eigenvalue weighted by Gasteiger charge is 2.16. The van der Waals surface area contributed by atoms with Crippen molar-refractivity contribution in [1.82, 2.24) is 15.1 Å². The number of carbonyl (C=O) groups is 1. The van der Waals surface area contributed by atoms with Crippen LogP contribution >= 0.6 is 0 Å². The minimum atomic E-state index is -0.0817. The molecule has 0 bridgehead atoms. The monoisotopic (exact) mass is 412 g/mol. The molecule has 0 aliphatic rings. The number of benzene rings is 3. The van der Waals surface area contributed by atoms with Crippen LogP contribution in [0.2, 0.25) is 0 Å². The van der Waals surface area contributed by atoms with Crippen molar-refractivity contribution in [2.24, 2.45) is 0 Å². The summed E-state index contributed by atoms with van der Waals surface area (Å²) in [5.41, 5.74) is 5.85. The minimum Gasteiger partial charge on any atom is -0.322 e. The molecule has 5 heteroatoms. The van der Waals surface area contributed by atoms with Gasteiger partial charge in [-0.25, -0.2) is 4.68 Å². The molecule has 2 N–H and O–H groups in total. The maximum absolute atomic E-state index is 12.7. The fourth-order valence-corrected chi connectivity index (χ4v) is 3.93. The van der Waals surface area contributed by atoms with Gasteiger partial charge in [-0.15, -0.1) is 0 Å². The highest BCUT2D eigenvalue weighted by molar-refractivity contribution is 5.93. The van der Waals surface area contributed by atoms with E-state index < -0.39 is 0 Å². The van der Waals surface area contributed by atoms with Crippen molar-refractivity contribution in [2.75, 3.05) is 11.9 Å². The van der Waals surface area contributed by atoms with Crippen LogP contribution in [-0.2, 0) is 4.79 Å². The van der Waals surface area contributed by atoms with Crippen molar-refractivity contribution in [3.05, 3.63) is 89.2 Å². The number of rotatable bonds is 6. The summed E-state index contributed by atoms with van der Waals surface area (Å²) in [5.74, 6) is -0.0817. The Balaban J connectivity index is 1.45. The summed E-state index contributed by atoms with van der Waals surface area (Å²) < 4.78 is 1.87. The van der Waals surface area contributed by atoms with E-state index in [-0.39, 0.29) is 18.5 Å². The van der Waals surface area contributed by atoms with Gasteiger partial charge in [-0.2, -0.15) is 5.10 Å². The molecule has 1 atom stereocenters. The number of amides is 1. The number of nitrogens with one attached hydrogen (secondary N) is 2. The Morgan fingerprint density at radius 3 is 2.45 bits per heavy atom. The van der Waals surface area contributed by atoms with Gasteiger partial charge in [0.1, 0.15) is 0 Å². The number of fused-ring (bicyclic) bond motifs is 1. The first-order valence-electron chi connectivity index (χ1n) is 10.6. The zero-order valence-electron chi connectivity index (χ0n) is 18.4. The molecule has 4 rings (SSSR count). The largest absolute Gasteiger partial charge is 0.322 e. The van der Waals surface area contributed by atoms with Crippen LogP contribution < -0.4 is 10.6 Å². The summed E-state index contributed by atoms with van der Waals surface area (Å²) in [4.78, 5) is 12.7. The predicted molar refractivity (Wildman–Crippen MR) is 127 cm³/mol. The summed E-state index contributed by atoms with van der Waals surface area (Å²) in [6, 6.07) is 22.8. The molecule has 1 aromatic heterocycles. The number of nitrogens with zero attached hydrogens (tertiary/aromatic N) is 2. The van der Waals surface area contributed by atoms with E-state index in [1.54, 1.807) is 0 Å². The van der Waals surface area contributed by atoms with Crippen LogP contribution in [0.15, 0.2) is 66.7 Å². The zero-order valence-corrected chi connectivity index (χ0v) is 18.4. The van der Waals surface area contributed by atoms with Crippen LogP contribution in [0.3, 0.4) is 0 Å². The molecule has 0 unspecified atom stereocenters. The van der Waals surface area contributed by atoms with Gasteiger partial charge in [0.15, 0.2) is 0 Å². The van der Waals surface area contributed by atoms with Gasteiger partial charge < -0.3 is 10.6 Å². The first-order valence-corrected chi connectivity index (χ1v) is 10.6. The Labute approximate surface area is 183 Å². The van der Waals surface area contributed by atoms with E-state index in [0.717, 1.165) is 22.8 Å². The highest BCUT2D eigenvalue weighted by Crippen LogP contribution is 2.25. The van der Waals surface area contributed by atoms with Crippen LogP contribution in [0.1, 0.15) is 35.5 Å². The van der Waals surface area contributed by atoms with Gasteiger partial charge >= 0.3 is 0 Å². The lowest BCUT2D eigenvalue weighted by atomic mass is 10.00. The van der Waals surface area contributed by atoms with Crippen molar-refractivity contribution in [3.63, 3.8) is 0 Å². The molecule has 0 saturated heterocycles. The van der Waals surface area contributed by atoms with E-state index >= 15 is 0 Å². The number of hydrogen-bond donors (Lipinski definition) is 2. The molecule has 5 nitrogen and oxygen atoms in total. The normalized spacial score (nSPS) is 12.1. The van der Waals surface area contributed by atoms with Crippen molar-refractivity contribution >= 4 is 22.4 Å². The lowest BCUT2D eigenvalue weighted by molar-refractivity contribution is -0.115. The van der Waals surface area contributed by atoms with Gasteiger partial charge in [0.2, 0.25) is 5.91 Å². The lowest BCUT2D eigenvalue weighted by Gasteiger charge is -2.16. The fraction of sp³-hybridized carbons (Fsp3) is 0.231. The van der Waals surface area contributed by atoms with Crippen LogP contribution in [-0.4, -0.2) is 22.2 Å². The van der Waals surface area contributed by atoms with Crippen molar-refractivity contribution in [1.29, 1.82) is 0 Å². The quantitative estimate of drug-likeness (QED) is 0.455. The van der Waals surface area contributed by atoms with Crippen LogP contribution in [0.4, 0.5) is 5.69 Å². The molecular formula is C26H28N4O. The zero-order chi connectivity index (χ0) is 22.0. The van der Waals surface area contributed by atoms with E-state index in [0.29, 0.717) is 0 Å². The number of aromatic nitrogens is 2. The second-order valence-corrected chi connectivity index (χ2v) is 8.01. The van der Waals surface area contributed by atoms with Gasteiger partial charge in [0.05, 0.1) is 29.3 Å². The summed E-state index contributed by atoms with van der Waals surface area (Å²) in [6.07, 6.45) is 0. The Hall–Kier alpha value is -3.44. The Kier molecular flexibility index (Phi) is 5.87. The first kappa shape index (κ1) is 20.8. The van der Waals surface area contributed by atoms with Crippen LogP contribution in [0.5, 0.6) is 0 Å². The average Bonchev–Trinajstić information content (AvgIpc) is 3.06. The molecule has 3 aromatic carbocycles. The Morgan fingerprint density at radius 2 is 1.68 bits per heavy atom. The maximum atomic E-state index is 12.7. The van der Waals surface area contributed by atoms with Gasteiger partial charge in [-0.1, -0.05) is 60.2 Å². The standard InChI is InChI=1S/C26H28N4O/c1-17-12-14-22(15-13-17)30-20(4)26(19(3)29-30)28-25(31)16-27-18(2)23-11-7-9-21-8-5-6-10-24(21)23/h5-15,18,27H,16H2,1-4H3,(H,28,31)/t18-/m1/s1. The molecular weight excluding hydrogens is 384 g/mol. The Morgan fingerprint density at radius 1 is 0.968 bits per heavy atom. The molecule has 158 valence electrons. The number of aryl methyl sites for hydroxylation is 2. The minimum absolute atomic E-state index is 0.0503. The summed E-state index contributed by atoms with van der Waals surface area (Å²) in [7, 11) is 0. The molecule has 31 heavy (non-hydrogen) atoms. The van der Waals surface area contributed by atoms with Gasteiger partial charge in [0, 0.05) is 6.04 Å². The van der Waals surface area contributed by atoms with Gasteiger partial charge in [0.25, 0.3) is 0 Å². The Bertz CT molecular complexity index is 1220. The van der Waals surface area contributed by atoms with E-state index in [2.05, 4.69) is 72.0 Å². The maximum Gasteiger partial charge on any atom is 0.238 e. The average molecular weight is 413 g/mol. The van der Waals surface area contributed by atoms with Gasteiger partial charge in [-0.05, 0) is 56.2 Å². The second kappa shape index (κ2) is 8.74. The third kappa shape index (κ3) is 4.37. The topological polar surface area (TPSA) is 59.0 Å². The lowest BCUT2D eigenvalue weighted by Crippen LogP contribution is -2.30. The molecule has 0 saturated carbocycles. The third-order valence-corrected chi connectivity index (χ3v) is 5.69. The van der Waals surface area contributed by atoms with E-state index in [1.165, 1.54) is 21.9 Å². The van der Waals surface area contributed by atoms with Crippen LogP contribution in [0.25, 0.3) is 16.5 Å². The third-order valence-electron chi connectivity index (χ3n) is 5.69. The number of anilines is 1. The van der Waals surface area contributed by atoms with Crippen molar-refractivity contribution in [2.45, 2.75) is 33.7 Å². The van der Waals surface area contributed by atoms with Crippen LogP contribution in [0, 0.1) is 20.8 Å². The van der Waals surface area contributed by atoms with Crippen molar-refractivity contribution in [3.8, 4) is 5.69 Å². The molecule has 0 fully saturated rings. The first-order chi connectivity index (χ1) is 14.9. The smallest absolute Gasteiger partial charge is 0.238 e. The molecule has 0 radical (unpaired) electrons. The molecule has 0 aliphatic carbocycles. The SMILES string of the molecule is Cc1ccc(-n2nc(C)c(NC(=O)CN[C@H](C)c3cccc4ccccc34)c2C)cc1. The molecule has 0 aliphatic heterocycles. The summed E-state index contributed by atoms with van der Waals surface area (Å²) >= 11 is 0. The van der Waals surface area contributed by atoms with E-state index in [4.69, 9.17) is 0 Å². The fourth-order valence-electron chi connectivity index (χ4n) is 3.93. The molecule has 1 amide bonds. The molecule has 1 heterocycles. The number of carbonyl (C=O) groups excluding carboxylic acids is 1. The van der Waals surface area contributed by atoms with Gasteiger partial charge in [-0.3, -0.25) is 4.79 Å². The number of hydrogen-bond acceptors (Lipinski definition) is 3. The predicted octanol–water partition coefficient (Wildman–Crippen LogP) is 5.24. The van der Waals surface area contributed by atoms with E-state index in [9.17, 15) is 4.79 Å². The van der Waals surface area contributed by atoms with E-state index in [1.807, 2.05) is 42.8 Å². The van der Waals surface area contributed by atoms with Crippen molar-refractivity contribution < 1.29 is 4.79 Å². The summed E-state index contributed by atoms with van der Waals surface area (Å²) in [6.45, 7) is 8.25. The highest BCUT2D eigenvalue weighted by atomic mass is 16.1. The summed E-state index contributed by atoms with van der Waals surface area (Å²) in [5, 5.41) is 13.4. The second-order valence-electron chi connectivity index (χ2n) is 8.01.